The van der Waals surface area contributed by atoms with Gasteiger partial charge in [0.05, 0.1) is 17.8 Å². The second kappa shape index (κ2) is 6.89. The van der Waals surface area contributed by atoms with Gasteiger partial charge >= 0.3 is 0 Å². The molecule has 2 aliphatic heterocycles. The maximum absolute atomic E-state index is 13.7. The van der Waals surface area contributed by atoms with E-state index in [4.69, 9.17) is 11.5 Å². The van der Waals surface area contributed by atoms with Crippen LogP contribution in [0.25, 0.3) is 0 Å². The van der Waals surface area contributed by atoms with E-state index >= 15 is 0 Å². The van der Waals surface area contributed by atoms with Crippen molar-refractivity contribution in [3.63, 3.8) is 0 Å². The number of benzene rings is 2. The Kier molecular flexibility index (Phi) is 4.21. The molecule has 0 radical (unpaired) electrons. The molecule has 2 aliphatic rings. The summed E-state index contributed by atoms with van der Waals surface area (Å²) in [6.45, 7) is 1.30. The molecule has 0 aliphatic carbocycles. The normalized spacial score (nSPS) is 20.8. The monoisotopic (exact) mass is 391 g/mol. The molecule has 3 heterocycles. The third-order valence-electron chi connectivity index (χ3n) is 5.63. The van der Waals surface area contributed by atoms with E-state index in [1.54, 1.807) is 18.3 Å². The van der Waals surface area contributed by atoms with E-state index in [9.17, 15) is 4.39 Å². The third-order valence-corrected chi connectivity index (χ3v) is 5.63. The minimum atomic E-state index is -0.424. The van der Waals surface area contributed by atoms with Gasteiger partial charge in [0.25, 0.3) is 0 Å². The van der Waals surface area contributed by atoms with E-state index in [1.165, 1.54) is 11.6 Å². The smallest absolute Gasteiger partial charge is 0.199 e. The van der Waals surface area contributed by atoms with Crippen LogP contribution in [0.2, 0.25) is 0 Å². The Balaban J connectivity index is 1.48. The molecule has 1 aromatic heterocycles. The summed E-state index contributed by atoms with van der Waals surface area (Å²) < 4.78 is 13.7. The van der Waals surface area contributed by atoms with Crippen LogP contribution in [-0.2, 0) is 13.0 Å². The molecule has 148 valence electrons. The highest BCUT2D eigenvalue weighted by molar-refractivity contribution is 5.84. The molecule has 2 atom stereocenters. The van der Waals surface area contributed by atoms with Gasteiger partial charge in [-0.1, -0.05) is 30.3 Å². The number of rotatable bonds is 3. The number of H-pyrrole nitrogens is 1. The fourth-order valence-corrected chi connectivity index (χ4v) is 4.33. The van der Waals surface area contributed by atoms with Crippen molar-refractivity contribution >= 4 is 17.5 Å². The van der Waals surface area contributed by atoms with Crippen LogP contribution >= 0.6 is 0 Å². The van der Waals surface area contributed by atoms with E-state index < -0.39 is 6.17 Å². The van der Waals surface area contributed by atoms with Crippen LogP contribution in [0.1, 0.15) is 22.9 Å². The quantitative estimate of drug-likeness (QED) is 0.637. The van der Waals surface area contributed by atoms with Crippen molar-refractivity contribution < 1.29 is 4.39 Å². The lowest BCUT2D eigenvalue weighted by molar-refractivity contribution is 0.229. The summed E-state index contributed by atoms with van der Waals surface area (Å²) in [7, 11) is 0. The third kappa shape index (κ3) is 3.11. The van der Waals surface area contributed by atoms with E-state index in [1.807, 2.05) is 23.1 Å². The molecule has 0 spiro atoms. The first kappa shape index (κ1) is 17.7. The van der Waals surface area contributed by atoms with E-state index in [0.717, 1.165) is 23.2 Å². The largest absolute Gasteiger partial charge is 0.369 e. The highest BCUT2D eigenvalue weighted by Gasteiger charge is 2.36. The molecule has 8 heteroatoms. The molecule has 5 N–H and O–H groups in total. The Labute approximate surface area is 167 Å². The number of halogens is 1. The van der Waals surface area contributed by atoms with Crippen molar-refractivity contribution in [2.45, 2.75) is 25.2 Å². The summed E-state index contributed by atoms with van der Waals surface area (Å²) in [5.41, 5.74) is 16.9. The summed E-state index contributed by atoms with van der Waals surface area (Å²) in [6, 6.07) is 15.0. The molecule has 0 bridgehead atoms. The topological polar surface area (TPSA) is 99.6 Å². The zero-order chi connectivity index (χ0) is 20.0. The van der Waals surface area contributed by atoms with Crippen LogP contribution in [0.4, 0.5) is 15.9 Å². The van der Waals surface area contributed by atoms with Crippen LogP contribution in [0.3, 0.4) is 0 Å². The number of fused-ring (bicyclic) bond motifs is 2. The number of aromatic nitrogens is 2. The first-order chi connectivity index (χ1) is 14.1. The number of nitrogens with zero attached hydrogens (tertiary/aromatic N) is 4. The molecule has 2 aromatic carbocycles. The van der Waals surface area contributed by atoms with Crippen LogP contribution in [0, 0.1) is 5.82 Å². The predicted molar refractivity (Wildman–Crippen MR) is 110 cm³/mol. The highest BCUT2D eigenvalue weighted by Crippen LogP contribution is 2.35. The summed E-state index contributed by atoms with van der Waals surface area (Å²) in [6.07, 6.45) is 2.07. The molecule has 7 nitrogen and oxygen atoms in total. The molecular weight excluding hydrogens is 369 g/mol. The fourth-order valence-electron chi connectivity index (χ4n) is 4.33. The Hall–Kier alpha value is -3.39. The number of anilines is 1. The Bertz CT molecular complexity index is 1080. The first-order valence-electron chi connectivity index (χ1n) is 9.59. The maximum atomic E-state index is 13.7. The van der Waals surface area contributed by atoms with Gasteiger partial charge in [-0.3, -0.25) is 5.10 Å². The minimum Gasteiger partial charge on any atom is -0.369 e. The standard InChI is InChI=1S/C21H22FN7/c22-15-6-3-4-13(8-15)11-28-12-16(9-14-5-1-2-7-18(14)28)29-19(23)17-10-25-27-20(17)26-21(29)24/h1-8,10,16,19H,9,11-12,23H2,(H3,24,25,26,27). The van der Waals surface area contributed by atoms with Gasteiger partial charge in [0.15, 0.2) is 11.8 Å². The molecule has 29 heavy (non-hydrogen) atoms. The van der Waals surface area contributed by atoms with Gasteiger partial charge in [0.1, 0.15) is 12.0 Å². The lowest BCUT2D eigenvalue weighted by atomic mass is 9.95. The maximum Gasteiger partial charge on any atom is 0.199 e. The van der Waals surface area contributed by atoms with Crippen LogP contribution in [0.15, 0.2) is 59.7 Å². The second-order valence-corrected chi connectivity index (χ2v) is 7.49. The SMILES string of the molecule is NC1=Nc2[nH]ncc2C(N)N1C1Cc2ccccc2N(Cc2cccc(F)c2)C1. The summed E-state index contributed by atoms with van der Waals surface area (Å²) in [4.78, 5) is 8.66. The predicted octanol–water partition coefficient (Wildman–Crippen LogP) is 2.40. The molecule has 0 saturated carbocycles. The lowest BCUT2D eigenvalue weighted by Crippen LogP contribution is -2.56. The van der Waals surface area contributed by atoms with Gasteiger partial charge in [0, 0.05) is 18.8 Å². The van der Waals surface area contributed by atoms with Gasteiger partial charge in [-0.05, 0) is 35.7 Å². The number of nitrogens with one attached hydrogen (secondary N) is 1. The number of guanidine groups is 1. The first-order valence-corrected chi connectivity index (χ1v) is 9.59. The Morgan fingerprint density at radius 1 is 1.17 bits per heavy atom. The molecule has 0 fully saturated rings. The second-order valence-electron chi connectivity index (χ2n) is 7.49. The zero-order valence-electron chi connectivity index (χ0n) is 15.8. The van der Waals surface area contributed by atoms with Crippen LogP contribution < -0.4 is 16.4 Å². The molecule has 2 unspecified atom stereocenters. The minimum absolute atomic E-state index is 0.0280. The van der Waals surface area contributed by atoms with Gasteiger partial charge < -0.3 is 21.3 Å². The molecule has 5 rings (SSSR count). The van der Waals surface area contributed by atoms with E-state index in [-0.39, 0.29) is 11.9 Å². The van der Waals surface area contributed by atoms with Gasteiger partial charge in [-0.25, -0.2) is 4.39 Å². The fraction of sp³-hybridized carbons (Fsp3) is 0.238. The van der Waals surface area contributed by atoms with Crippen molar-refractivity contribution in [1.82, 2.24) is 15.1 Å². The molecule has 0 amide bonds. The number of nitrogens with two attached hydrogens (primary N) is 2. The van der Waals surface area contributed by atoms with Gasteiger partial charge in [0.2, 0.25) is 0 Å². The van der Waals surface area contributed by atoms with Crippen molar-refractivity contribution in [2.75, 3.05) is 11.4 Å². The van der Waals surface area contributed by atoms with Gasteiger partial charge in [-0.15, -0.1) is 0 Å². The Morgan fingerprint density at radius 2 is 2.03 bits per heavy atom. The van der Waals surface area contributed by atoms with Crippen molar-refractivity contribution in [2.24, 2.45) is 16.5 Å². The molecule has 0 saturated heterocycles. The number of hydrogen-bond acceptors (Lipinski definition) is 6. The van der Waals surface area contributed by atoms with Crippen LogP contribution in [-0.4, -0.2) is 33.6 Å². The lowest BCUT2D eigenvalue weighted by Gasteiger charge is -2.44. The van der Waals surface area contributed by atoms with Crippen molar-refractivity contribution in [3.05, 3.63) is 77.2 Å². The van der Waals surface area contributed by atoms with Crippen LogP contribution in [0.5, 0.6) is 0 Å². The number of aliphatic imine (C=N–C) groups is 1. The molecule has 3 aromatic rings. The molecular formula is C21H22FN7. The van der Waals surface area contributed by atoms with Crippen molar-refractivity contribution in [3.8, 4) is 0 Å². The Morgan fingerprint density at radius 3 is 2.90 bits per heavy atom. The zero-order valence-corrected chi connectivity index (χ0v) is 15.8. The van der Waals surface area contributed by atoms with E-state index in [2.05, 4.69) is 32.2 Å². The summed E-state index contributed by atoms with van der Waals surface area (Å²) >= 11 is 0. The van der Waals surface area contributed by atoms with Crippen molar-refractivity contribution in [1.29, 1.82) is 0 Å². The van der Waals surface area contributed by atoms with E-state index in [0.29, 0.717) is 24.9 Å². The number of aromatic amines is 1. The summed E-state index contributed by atoms with van der Waals surface area (Å²) in [5, 5.41) is 6.88. The van der Waals surface area contributed by atoms with Gasteiger partial charge in [-0.2, -0.15) is 10.1 Å². The average Bonchev–Trinajstić information content (AvgIpc) is 3.17. The summed E-state index contributed by atoms with van der Waals surface area (Å²) in [5.74, 6) is 0.759. The average molecular weight is 391 g/mol. The number of para-hydroxylation sites is 1. The number of hydrogen-bond donors (Lipinski definition) is 3. The highest BCUT2D eigenvalue weighted by atomic mass is 19.1.